The standard InChI is InChI=1S/C15H23N3O5S3.ClH/c1-22-7-5-18(6-8-23-2)4-3-17-14(19)12-9-11-10-13(26(16,20)21)25-15(11)24-12;/h9-10H,3-8H2,1-2H3,(H,17,19)(H2,16,20,21);1H. The van der Waals surface area contributed by atoms with Gasteiger partial charge in [0.2, 0.25) is 10.0 Å². The minimum Gasteiger partial charge on any atom is -0.383 e. The van der Waals surface area contributed by atoms with Crippen molar-refractivity contribution in [2.75, 3.05) is 53.6 Å². The summed E-state index contributed by atoms with van der Waals surface area (Å²) in [4.78, 5) is 15.0. The molecule has 27 heavy (non-hydrogen) atoms. The Bertz CT molecular complexity index is 797. The summed E-state index contributed by atoms with van der Waals surface area (Å²) in [5.41, 5.74) is 0. The van der Waals surface area contributed by atoms with Crippen molar-refractivity contribution in [2.45, 2.75) is 4.21 Å². The smallest absolute Gasteiger partial charge is 0.261 e. The summed E-state index contributed by atoms with van der Waals surface area (Å²) in [6.07, 6.45) is 0. The molecule has 154 valence electrons. The van der Waals surface area contributed by atoms with Crippen LogP contribution in [0.2, 0.25) is 0 Å². The van der Waals surface area contributed by atoms with Crippen LogP contribution in [0, 0.1) is 0 Å². The molecular weight excluding hydrogens is 434 g/mol. The molecule has 0 saturated carbocycles. The fourth-order valence-electron chi connectivity index (χ4n) is 2.26. The van der Waals surface area contributed by atoms with Crippen LogP contribution in [0.25, 0.3) is 9.40 Å². The highest BCUT2D eigenvalue weighted by Gasteiger charge is 2.17. The third-order valence-corrected chi connectivity index (χ3v) is 7.44. The molecule has 0 unspecified atom stereocenters. The summed E-state index contributed by atoms with van der Waals surface area (Å²) in [7, 11) is -0.403. The molecule has 0 aliphatic carbocycles. The zero-order chi connectivity index (χ0) is 19.2. The topological polar surface area (TPSA) is 111 Å². The lowest BCUT2D eigenvalue weighted by molar-refractivity contribution is 0.0935. The van der Waals surface area contributed by atoms with Gasteiger partial charge in [0.05, 0.1) is 22.1 Å². The van der Waals surface area contributed by atoms with Crippen molar-refractivity contribution < 1.29 is 22.7 Å². The van der Waals surface area contributed by atoms with E-state index in [9.17, 15) is 13.2 Å². The molecule has 0 radical (unpaired) electrons. The van der Waals surface area contributed by atoms with Gasteiger partial charge in [-0.1, -0.05) is 0 Å². The Kier molecular flexibility index (Phi) is 10.1. The minimum atomic E-state index is -3.71. The third kappa shape index (κ3) is 7.27. The number of halogens is 1. The second-order valence-electron chi connectivity index (χ2n) is 5.55. The summed E-state index contributed by atoms with van der Waals surface area (Å²) in [6.45, 7) is 3.95. The van der Waals surface area contributed by atoms with Crippen LogP contribution in [0.15, 0.2) is 16.3 Å². The zero-order valence-electron chi connectivity index (χ0n) is 15.1. The Balaban J connectivity index is 0.00000364. The molecular formula is C15H24ClN3O5S3. The predicted octanol–water partition coefficient (Wildman–Crippen LogP) is 1.36. The highest BCUT2D eigenvalue weighted by atomic mass is 35.5. The van der Waals surface area contributed by atoms with Crippen LogP contribution in [-0.4, -0.2) is 72.8 Å². The van der Waals surface area contributed by atoms with Crippen LogP contribution in [0.4, 0.5) is 0 Å². The molecule has 2 heterocycles. The molecule has 12 heteroatoms. The van der Waals surface area contributed by atoms with Gasteiger partial charge in [-0.25, -0.2) is 13.6 Å². The lowest BCUT2D eigenvalue weighted by Crippen LogP contribution is -2.38. The number of hydrogen-bond acceptors (Lipinski definition) is 8. The van der Waals surface area contributed by atoms with Gasteiger partial charge in [0.15, 0.2) is 0 Å². The molecule has 0 bridgehead atoms. The van der Waals surface area contributed by atoms with Gasteiger partial charge in [-0.15, -0.1) is 35.1 Å². The number of methoxy groups -OCH3 is 2. The van der Waals surface area contributed by atoms with Crippen molar-refractivity contribution in [3.63, 3.8) is 0 Å². The van der Waals surface area contributed by atoms with Gasteiger partial charge in [-0.3, -0.25) is 9.69 Å². The fourth-order valence-corrected chi connectivity index (χ4v) is 5.52. The molecule has 0 atom stereocenters. The van der Waals surface area contributed by atoms with Crippen molar-refractivity contribution in [3.05, 3.63) is 17.0 Å². The number of carbonyl (C=O) groups is 1. The average Bonchev–Trinajstić information content (AvgIpc) is 3.15. The normalized spacial score (nSPS) is 11.7. The summed E-state index contributed by atoms with van der Waals surface area (Å²) in [6, 6.07) is 3.19. The molecule has 0 aromatic carbocycles. The quantitative estimate of drug-likeness (QED) is 0.527. The molecule has 0 spiro atoms. The van der Waals surface area contributed by atoms with Crippen molar-refractivity contribution >= 4 is 60.4 Å². The van der Waals surface area contributed by atoms with Crippen LogP contribution in [0.5, 0.6) is 0 Å². The van der Waals surface area contributed by atoms with E-state index in [1.165, 1.54) is 17.4 Å². The lowest BCUT2D eigenvalue weighted by atomic mass is 10.3. The second-order valence-corrected chi connectivity index (χ2v) is 9.70. The van der Waals surface area contributed by atoms with Gasteiger partial charge in [0, 0.05) is 45.8 Å². The van der Waals surface area contributed by atoms with Gasteiger partial charge in [0.25, 0.3) is 5.91 Å². The highest BCUT2D eigenvalue weighted by molar-refractivity contribution is 7.91. The number of nitrogens with zero attached hydrogens (tertiary/aromatic N) is 1. The third-order valence-electron chi connectivity index (χ3n) is 3.63. The first-order valence-electron chi connectivity index (χ1n) is 7.89. The Labute approximate surface area is 173 Å². The number of sulfonamides is 1. The molecule has 0 saturated heterocycles. The monoisotopic (exact) mass is 457 g/mol. The number of amides is 1. The number of carbonyl (C=O) groups excluding carboxylic acids is 1. The van der Waals surface area contributed by atoms with Gasteiger partial charge < -0.3 is 14.8 Å². The molecule has 8 nitrogen and oxygen atoms in total. The van der Waals surface area contributed by atoms with Crippen molar-refractivity contribution in [1.29, 1.82) is 0 Å². The number of fused-ring (bicyclic) bond motifs is 1. The number of thiophene rings is 2. The van der Waals surface area contributed by atoms with Gasteiger partial charge in [0.1, 0.15) is 4.21 Å². The van der Waals surface area contributed by atoms with Crippen molar-refractivity contribution in [3.8, 4) is 0 Å². The first kappa shape index (κ1) is 24.2. The minimum absolute atomic E-state index is 0. The van der Waals surface area contributed by atoms with Crippen molar-refractivity contribution in [1.82, 2.24) is 10.2 Å². The van der Waals surface area contributed by atoms with Gasteiger partial charge in [-0.2, -0.15) is 0 Å². The number of primary sulfonamides is 1. The first-order chi connectivity index (χ1) is 12.3. The van der Waals surface area contributed by atoms with Gasteiger partial charge >= 0.3 is 0 Å². The summed E-state index contributed by atoms with van der Waals surface area (Å²) >= 11 is 2.34. The van der Waals surface area contributed by atoms with E-state index < -0.39 is 10.0 Å². The first-order valence-corrected chi connectivity index (χ1v) is 11.1. The second kappa shape index (κ2) is 11.3. The van der Waals surface area contributed by atoms with Crippen LogP contribution in [0.1, 0.15) is 9.67 Å². The summed E-state index contributed by atoms with van der Waals surface area (Å²) < 4.78 is 33.8. The zero-order valence-corrected chi connectivity index (χ0v) is 18.4. The summed E-state index contributed by atoms with van der Waals surface area (Å²) in [5.74, 6) is -0.172. The number of rotatable bonds is 11. The average molecular weight is 458 g/mol. The maximum Gasteiger partial charge on any atom is 0.261 e. The largest absolute Gasteiger partial charge is 0.383 e. The van der Waals surface area contributed by atoms with E-state index in [4.69, 9.17) is 14.6 Å². The fraction of sp³-hybridized carbons (Fsp3) is 0.533. The Morgan fingerprint density at radius 1 is 1.15 bits per heavy atom. The van der Waals surface area contributed by atoms with E-state index in [-0.39, 0.29) is 22.5 Å². The Hall–Kier alpha value is -0.790. The highest BCUT2D eigenvalue weighted by Crippen LogP contribution is 2.35. The van der Waals surface area contributed by atoms with E-state index >= 15 is 0 Å². The van der Waals surface area contributed by atoms with Crippen LogP contribution < -0.4 is 10.5 Å². The SMILES string of the molecule is COCCN(CCNC(=O)c1cc2cc(S(N)(=O)=O)sc2s1)CCOC.Cl. The lowest BCUT2D eigenvalue weighted by Gasteiger charge is -2.21. The number of nitrogens with one attached hydrogen (secondary N) is 1. The number of ether oxygens (including phenoxy) is 2. The van der Waals surface area contributed by atoms with E-state index in [1.54, 1.807) is 20.3 Å². The molecule has 2 aromatic rings. The molecule has 3 N–H and O–H groups in total. The molecule has 2 rings (SSSR count). The molecule has 0 fully saturated rings. The molecule has 0 aliphatic heterocycles. The maximum absolute atomic E-state index is 12.3. The van der Waals surface area contributed by atoms with Crippen molar-refractivity contribution in [2.24, 2.45) is 5.14 Å². The summed E-state index contributed by atoms with van der Waals surface area (Å²) in [5, 5.41) is 8.73. The van der Waals surface area contributed by atoms with Crippen LogP contribution >= 0.6 is 35.1 Å². The van der Waals surface area contributed by atoms with E-state index in [1.807, 2.05) is 0 Å². The van der Waals surface area contributed by atoms with E-state index in [0.717, 1.165) is 33.8 Å². The molecule has 0 aliphatic rings. The Morgan fingerprint density at radius 3 is 2.30 bits per heavy atom. The van der Waals surface area contributed by atoms with Crippen LogP contribution in [-0.2, 0) is 19.5 Å². The number of nitrogens with two attached hydrogens (primary N) is 1. The molecule has 1 amide bonds. The van der Waals surface area contributed by atoms with Gasteiger partial charge in [-0.05, 0) is 12.1 Å². The van der Waals surface area contributed by atoms with E-state index in [0.29, 0.717) is 31.2 Å². The predicted molar refractivity (Wildman–Crippen MR) is 111 cm³/mol. The van der Waals surface area contributed by atoms with Crippen LogP contribution in [0.3, 0.4) is 0 Å². The maximum atomic E-state index is 12.3. The molecule has 2 aromatic heterocycles. The van der Waals surface area contributed by atoms with E-state index in [2.05, 4.69) is 10.2 Å². The Morgan fingerprint density at radius 2 is 1.78 bits per heavy atom. The number of hydrogen-bond donors (Lipinski definition) is 2.